The van der Waals surface area contributed by atoms with Crippen molar-refractivity contribution in [3.63, 3.8) is 0 Å². The molecule has 2 aromatic rings. The van der Waals surface area contributed by atoms with Crippen LogP contribution in [0.4, 0.5) is 5.69 Å². The highest BCUT2D eigenvalue weighted by Gasteiger charge is 2.20. The van der Waals surface area contributed by atoms with Gasteiger partial charge in [-0.05, 0) is 25.0 Å². The van der Waals surface area contributed by atoms with Gasteiger partial charge in [0.15, 0.2) is 6.20 Å². The molecule has 2 rings (SSSR count). The maximum atomic E-state index is 11.9. The van der Waals surface area contributed by atoms with E-state index in [9.17, 15) is 4.79 Å². The summed E-state index contributed by atoms with van der Waals surface area (Å²) in [4.78, 5) is 13.7. The van der Waals surface area contributed by atoms with E-state index in [-0.39, 0.29) is 5.91 Å². The lowest BCUT2D eigenvalue weighted by Gasteiger charge is -2.21. The van der Waals surface area contributed by atoms with E-state index < -0.39 is 0 Å². The molecule has 0 aliphatic rings. The standard InChI is InChI=1S/C14H17N3O/c1-11-6-4-7-12(2)14(11)17(13(3)18)10-16-9-5-8-15-16/h4-9H,10H2,1-3H3/p+1. The van der Waals surface area contributed by atoms with Gasteiger partial charge in [0.05, 0.1) is 11.9 Å². The molecular formula is C14H18N3O+. The molecule has 0 aliphatic carbocycles. The van der Waals surface area contributed by atoms with Gasteiger partial charge in [-0.15, -0.1) is 0 Å². The van der Waals surface area contributed by atoms with Crippen molar-refractivity contribution in [2.75, 3.05) is 4.90 Å². The van der Waals surface area contributed by atoms with Gasteiger partial charge in [0, 0.05) is 13.0 Å². The van der Waals surface area contributed by atoms with Crippen LogP contribution >= 0.6 is 0 Å². The number of carbonyl (C=O) groups excluding carboxylic acids is 1. The molecule has 0 aliphatic heterocycles. The molecule has 0 fully saturated rings. The Bertz CT molecular complexity index is 526. The number of hydrogen-bond acceptors (Lipinski definition) is 1. The predicted octanol–water partition coefficient (Wildman–Crippen LogP) is 1.93. The van der Waals surface area contributed by atoms with Gasteiger partial charge in [-0.3, -0.25) is 9.69 Å². The molecule has 94 valence electrons. The van der Waals surface area contributed by atoms with Crippen LogP contribution in [0, 0.1) is 13.8 Å². The van der Waals surface area contributed by atoms with Crippen LogP contribution in [0.15, 0.2) is 36.7 Å². The van der Waals surface area contributed by atoms with Crippen molar-refractivity contribution in [2.45, 2.75) is 27.4 Å². The van der Waals surface area contributed by atoms with Crippen LogP contribution in [-0.2, 0) is 11.5 Å². The number of amides is 1. The summed E-state index contributed by atoms with van der Waals surface area (Å²) in [6.45, 7) is 6.14. The molecule has 4 nitrogen and oxygen atoms in total. The first kappa shape index (κ1) is 12.4. The molecule has 0 atom stereocenters. The quantitative estimate of drug-likeness (QED) is 0.823. The van der Waals surface area contributed by atoms with Crippen molar-refractivity contribution >= 4 is 11.6 Å². The van der Waals surface area contributed by atoms with Crippen LogP contribution in [0.25, 0.3) is 0 Å². The normalized spacial score (nSPS) is 10.4. The first-order valence-electron chi connectivity index (χ1n) is 5.96. The molecule has 0 radical (unpaired) electrons. The van der Waals surface area contributed by atoms with Gasteiger partial charge in [-0.25, -0.2) is 0 Å². The summed E-state index contributed by atoms with van der Waals surface area (Å²) in [5.41, 5.74) is 3.21. The largest absolute Gasteiger partial charge is 0.275 e. The highest BCUT2D eigenvalue weighted by molar-refractivity contribution is 5.92. The maximum absolute atomic E-state index is 11.9. The van der Waals surface area contributed by atoms with E-state index in [0.717, 1.165) is 16.8 Å². The number of nitrogens with one attached hydrogen (secondary N) is 1. The summed E-state index contributed by atoms with van der Waals surface area (Å²) in [5.74, 6) is 0.0366. The molecule has 1 amide bonds. The minimum Gasteiger partial charge on any atom is -0.275 e. The van der Waals surface area contributed by atoms with E-state index in [1.165, 1.54) is 0 Å². The monoisotopic (exact) mass is 244 g/mol. The third kappa shape index (κ3) is 2.42. The Morgan fingerprint density at radius 2 is 1.94 bits per heavy atom. The fourth-order valence-electron chi connectivity index (χ4n) is 2.13. The topological polar surface area (TPSA) is 40.0 Å². The molecule has 1 N–H and O–H groups in total. The van der Waals surface area contributed by atoms with Crippen LogP contribution in [0.5, 0.6) is 0 Å². The Balaban J connectivity index is 2.39. The average molecular weight is 244 g/mol. The summed E-state index contributed by atoms with van der Waals surface area (Å²) < 4.78 is 1.87. The minimum absolute atomic E-state index is 0.0366. The molecule has 4 heteroatoms. The van der Waals surface area contributed by atoms with E-state index >= 15 is 0 Å². The van der Waals surface area contributed by atoms with Crippen molar-refractivity contribution in [1.29, 1.82) is 0 Å². The number of benzene rings is 1. The van der Waals surface area contributed by atoms with Crippen LogP contribution in [-0.4, -0.2) is 11.0 Å². The number of aromatic nitrogens is 2. The third-order valence-electron chi connectivity index (χ3n) is 2.99. The van der Waals surface area contributed by atoms with Crippen molar-refractivity contribution in [3.05, 3.63) is 47.8 Å². The third-order valence-corrected chi connectivity index (χ3v) is 2.99. The maximum Gasteiger partial charge on any atom is 0.253 e. The number of carbonyl (C=O) groups is 1. The first-order valence-corrected chi connectivity index (χ1v) is 5.96. The summed E-state index contributed by atoms with van der Waals surface area (Å²) in [5, 5.41) is 3.05. The van der Waals surface area contributed by atoms with E-state index in [1.54, 1.807) is 11.8 Å². The molecule has 0 bridgehead atoms. The lowest BCUT2D eigenvalue weighted by Crippen LogP contribution is -2.47. The lowest BCUT2D eigenvalue weighted by atomic mass is 10.1. The highest BCUT2D eigenvalue weighted by Crippen LogP contribution is 2.24. The highest BCUT2D eigenvalue weighted by atomic mass is 16.2. The Morgan fingerprint density at radius 3 is 2.44 bits per heavy atom. The van der Waals surface area contributed by atoms with Crippen molar-refractivity contribution < 1.29 is 9.48 Å². The number of rotatable bonds is 3. The van der Waals surface area contributed by atoms with Crippen molar-refractivity contribution in [3.8, 4) is 0 Å². The summed E-state index contributed by atoms with van der Waals surface area (Å²) in [7, 11) is 0. The molecule has 0 saturated heterocycles. The molecule has 18 heavy (non-hydrogen) atoms. The number of aryl methyl sites for hydroxylation is 2. The molecule has 0 spiro atoms. The van der Waals surface area contributed by atoms with Crippen molar-refractivity contribution in [1.82, 2.24) is 5.10 Å². The molecule has 0 unspecified atom stereocenters. The second kappa shape index (κ2) is 5.04. The zero-order chi connectivity index (χ0) is 13.1. The zero-order valence-electron chi connectivity index (χ0n) is 11.0. The van der Waals surface area contributed by atoms with E-state index in [1.807, 2.05) is 55.2 Å². The van der Waals surface area contributed by atoms with E-state index in [4.69, 9.17) is 0 Å². The first-order chi connectivity index (χ1) is 8.59. The zero-order valence-corrected chi connectivity index (χ0v) is 11.0. The number of hydrogen-bond donors (Lipinski definition) is 1. The Morgan fingerprint density at radius 1 is 1.28 bits per heavy atom. The van der Waals surface area contributed by atoms with E-state index in [2.05, 4.69) is 5.10 Å². The van der Waals surface area contributed by atoms with Crippen molar-refractivity contribution in [2.24, 2.45) is 0 Å². The summed E-state index contributed by atoms with van der Waals surface area (Å²) in [6.07, 6.45) is 3.74. The summed E-state index contributed by atoms with van der Waals surface area (Å²) >= 11 is 0. The Hall–Kier alpha value is -2.10. The lowest BCUT2D eigenvalue weighted by molar-refractivity contribution is -0.748. The number of H-pyrrole nitrogens is 1. The number of nitrogens with zero attached hydrogens (tertiary/aromatic N) is 2. The van der Waals surface area contributed by atoms with Gasteiger partial charge >= 0.3 is 0 Å². The molecule has 1 heterocycles. The van der Waals surface area contributed by atoms with Gasteiger partial charge in [0.25, 0.3) is 6.67 Å². The van der Waals surface area contributed by atoms with E-state index in [0.29, 0.717) is 6.67 Å². The fraction of sp³-hybridized carbons (Fsp3) is 0.286. The van der Waals surface area contributed by atoms with Crippen LogP contribution < -0.4 is 9.58 Å². The van der Waals surface area contributed by atoms with Crippen LogP contribution in [0.1, 0.15) is 18.1 Å². The molecule has 1 aromatic carbocycles. The Kier molecular flexibility index (Phi) is 3.46. The Labute approximate surface area is 107 Å². The molecule has 0 saturated carbocycles. The average Bonchev–Trinajstić information content (AvgIpc) is 2.80. The SMILES string of the molecule is CC(=O)N(C[n+]1ccc[nH]1)c1c(C)cccc1C. The van der Waals surface area contributed by atoms with Gasteiger partial charge in [0.2, 0.25) is 5.91 Å². The molecule has 1 aromatic heterocycles. The number of para-hydroxylation sites is 1. The van der Waals surface area contributed by atoms with Gasteiger partial charge in [-0.2, -0.15) is 5.10 Å². The number of anilines is 1. The van der Waals surface area contributed by atoms with Gasteiger partial charge in [-0.1, -0.05) is 22.9 Å². The second-order valence-corrected chi connectivity index (χ2v) is 4.44. The van der Waals surface area contributed by atoms with Crippen LogP contribution in [0.2, 0.25) is 0 Å². The number of aromatic amines is 1. The second-order valence-electron chi connectivity index (χ2n) is 4.44. The fourth-order valence-corrected chi connectivity index (χ4v) is 2.13. The van der Waals surface area contributed by atoms with Gasteiger partial charge in [0.1, 0.15) is 0 Å². The predicted molar refractivity (Wildman–Crippen MR) is 70.1 cm³/mol. The molecular weight excluding hydrogens is 226 g/mol. The van der Waals surface area contributed by atoms with Crippen LogP contribution in [0.3, 0.4) is 0 Å². The minimum atomic E-state index is 0.0366. The summed E-state index contributed by atoms with van der Waals surface area (Å²) in [6, 6.07) is 7.96. The smallest absolute Gasteiger partial charge is 0.253 e. The van der Waals surface area contributed by atoms with Gasteiger partial charge < -0.3 is 0 Å².